The number of carbonyl (C=O) groups is 2. The molecule has 1 N–H and O–H groups in total. The van der Waals surface area contributed by atoms with Crippen LogP contribution in [0, 0.1) is 13.8 Å². The average molecular weight is 430 g/mol. The van der Waals surface area contributed by atoms with Gasteiger partial charge in [0.05, 0.1) is 0 Å². The van der Waals surface area contributed by atoms with E-state index < -0.39 is 5.25 Å². The number of anilines is 3. The molecule has 5 nitrogen and oxygen atoms in total. The van der Waals surface area contributed by atoms with Crippen LogP contribution in [0.1, 0.15) is 17.5 Å². The highest BCUT2D eigenvalue weighted by Gasteiger charge is 2.34. The number of amides is 2. The number of para-hydroxylation sites is 3. The molecule has 4 rings (SSSR count). The van der Waals surface area contributed by atoms with Gasteiger partial charge in [-0.25, -0.2) is 0 Å². The van der Waals surface area contributed by atoms with Crippen molar-refractivity contribution in [2.75, 3.05) is 10.2 Å². The zero-order valence-corrected chi connectivity index (χ0v) is 18.2. The third kappa shape index (κ3) is 4.70. The van der Waals surface area contributed by atoms with Gasteiger partial charge in [-0.1, -0.05) is 66.4 Å². The minimum Gasteiger partial charge on any atom is -0.326 e. The van der Waals surface area contributed by atoms with E-state index in [-0.39, 0.29) is 18.2 Å². The second-order valence-corrected chi connectivity index (χ2v) is 8.53. The second-order valence-electron chi connectivity index (χ2n) is 7.36. The fourth-order valence-corrected chi connectivity index (χ4v) is 4.60. The monoisotopic (exact) mass is 429 g/mol. The molecule has 0 saturated heterocycles. The molecule has 0 aliphatic carbocycles. The molecule has 3 aromatic carbocycles. The molecule has 3 aromatic rings. The summed E-state index contributed by atoms with van der Waals surface area (Å²) < 4.78 is 0. The van der Waals surface area contributed by atoms with Crippen LogP contribution in [0.2, 0.25) is 0 Å². The lowest BCUT2D eigenvalue weighted by atomic mass is 10.1. The molecule has 31 heavy (non-hydrogen) atoms. The molecule has 1 atom stereocenters. The van der Waals surface area contributed by atoms with Crippen molar-refractivity contribution in [2.24, 2.45) is 4.99 Å². The molecule has 156 valence electrons. The van der Waals surface area contributed by atoms with Gasteiger partial charge in [0.15, 0.2) is 5.17 Å². The third-order valence-electron chi connectivity index (χ3n) is 5.07. The molecule has 0 radical (unpaired) electrons. The highest BCUT2D eigenvalue weighted by molar-refractivity contribution is 8.15. The maximum Gasteiger partial charge on any atom is 0.262 e. The van der Waals surface area contributed by atoms with Crippen LogP contribution < -0.4 is 10.2 Å². The van der Waals surface area contributed by atoms with E-state index in [0.29, 0.717) is 5.17 Å². The van der Waals surface area contributed by atoms with E-state index in [1.165, 1.54) is 11.8 Å². The zero-order valence-electron chi connectivity index (χ0n) is 17.4. The second kappa shape index (κ2) is 9.18. The topological polar surface area (TPSA) is 61.8 Å². The lowest BCUT2D eigenvalue weighted by Gasteiger charge is -2.24. The Kier molecular flexibility index (Phi) is 6.18. The maximum absolute atomic E-state index is 12.7. The summed E-state index contributed by atoms with van der Waals surface area (Å²) in [6.07, 6.45) is 0.0711. The normalized spacial score (nSPS) is 15.5. The zero-order chi connectivity index (χ0) is 21.8. The Labute approximate surface area is 186 Å². The number of hydrogen-bond donors (Lipinski definition) is 1. The number of hydrogen-bond acceptors (Lipinski definition) is 4. The van der Waals surface area contributed by atoms with Crippen molar-refractivity contribution in [2.45, 2.75) is 25.5 Å². The molecule has 0 fully saturated rings. The first kappa shape index (κ1) is 20.9. The number of carbonyl (C=O) groups excluding carboxylic acids is 2. The smallest absolute Gasteiger partial charge is 0.262 e. The number of rotatable bonds is 5. The molecule has 1 aliphatic heterocycles. The number of nitrogens with one attached hydrogen (secondary N) is 1. The highest BCUT2D eigenvalue weighted by Crippen LogP contribution is 2.35. The highest BCUT2D eigenvalue weighted by atomic mass is 32.2. The number of amidine groups is 1. The number of aliphatic imine (C=N–C) groups is 1. The molecule has 0 spiro atoms. The van der Waals surface area contributed by atoms with Crippen LogP contribution >= 0.6 is 11.8 Å². The lowest BCUT2D eigenvalue weighted by molar-refractivity contribution is -0.121. The van der Waals surface area contributed by atoms with Gasteiger partial charge < -0.3 is 5.32 Å². The van der Waals surface area contributed by atoms with Crippen LogP contribution in [-0.4, -0.2) is 22.2 Å². The predicted molar refractivity (Wildman–Crippen MR) is 128 cm³/mol. The summed E-state index contributed by atoms with van der Waals surface area (Å²) in [5.74, 6) is -0.473. The van der Waals surface area contributed by atoms with Crippen molar-refractivity contribution in [3.05, 3.63) is 90.0 Å². The van der Waals surface area contributed by atoms with Crippen molar-refractivity contribution in [1.82, 2.24) is 0 Å². The number of thioether (sulfide) groups is 1. The van der Waals surface area contributed by atoms with E-state index in [9.17, 15) is 9.59 Å². The molecule has 0 unspecified atom stereocenters. The van der Waals surface area contributed by atoms with Gasteiger partial charge in [-0.05, 0) is 49.2 Å². The van der Waals surface area contributed by atoms with Crippen LogP contribution in [0.5, 0.6) is 0 Å². The molecule has 2 amide bonds. The van der Waals surface area contributed by atoms with Gasteiger partial charge in [0.25, 0.3) is 5.91 Å². The number of benzene rings is 3. The predicted octanol–water partition coefficient (Wildman–Crippen LogP) is 5.47. The Morgan fingerprint density at radius 2 is 1.45 bits per heavy atom. The van der Waals surface area contributed by atoms with Crippen molar-refractivity contribution >= 4 is 45.8 Å². The Balaban J connectivity index is 1.52. The van der Waals surface area contributed by atoms with E-state index in [0.717, 1.165) is 28.2 Å². The largest absolute Gasteiger partial charge is 0.326 e. The van der Waals surface area contributed by atoms with Gasteiger partial charge in [-0.3, -0.25) is 14.5 Å². The van der Waals surface area contributed by atoms with E-state index in [2.05, 4.69) is 10.3 Å². The lowest BCUT2D eigenvalue weighted by Crippen LogP contribution is -2.24. The average Bonchev–Trinajstić information content (AvgIpc) is 3.12. The number of nitrogens with zero attached hydrogens (tertiary/aromatic N) is 2. The standard InChI is InChI=1S/C25H23N3O2S/c1-17-10-9-11-18(2)23(17)26-22(29)16-21-24(30)27-25(31-21)28(19-12-5-3-6-13-19)20-14-7-4-8-15-20/h3-15,21H,16H2,1-2H3,(H,26,29)/t21-/m0/s1. The molecule has 6 heteroatoms. The van der Waals surface area contributed by atoms with E-state index in [1.807, 2.05) is 97.6 Å². The molecular formula is C25H23N3O2S. The molecule has 0 bridgehead atoms. The van der Waals surface area contributed by atoms with Gasteiger partial charge in [0.2, 0.25) is 5.91 Å². The first-order valence-electron chi connectivity index (χ1n) is 10.1. The number of aryl methyl sites for hydroxylation is 2. The van der Waals surface area contributed by atoms with Crippen LogP contribution in [0.3, 0.4) is 0 Å². The quantitative estimate of drug-likeness (QED) is 0.584. The Morgan fingerprint density at radius 3 is 2.00 bits per heavy atom. The molecular weight excluding hydrogens is 406 g/mol. The van der Waals surface area contributed by atoms with Gasteiger partial charge >= 0.3 is 0 Å². The summed E-state index contributed by atoms with van der Waals surface area (Å²) in [5, 5.41) is 2.99. The summed E-state index contributed by atoms with van der Waals surface area (Å²) in [5.41, 5.74) is 4.62. The molecule has 1 aliphatic rings. The third-order valence-corrected chi connectivity index (χ3v) is 6.20. The Bertz CT molecular complexity index is 1070. The minimum absolute atomic E-state index is 0.0711. The van der Waals surface area contributed by atoms with Crippen LogP contribution in [0.4, 0.5) is 17.1 Å². The SMILES string of the molecule is Cc1cccc(C)c1NC(=O)C[C@@H]1SC(N(c2ccccc2)c2ccccc2)=NC1=O. The summed E-state index contributed by atoms with van der Waals surface area (Å²) in [6, 6.07) is 25.4. The summed E-state index contributed by atoms with van der Waals surface area (Å²) in [6.45, 7) is 3.91. The van der Waals surface area contributed by atoms with Crippen molar-refractivity contribution in [3.63, 3.8) is 0 Å². The molecule has 0 saturated carbocycles. The first-order chi connectivity index (χ1) is 15.0. The van der Waals surface area contributed by atoms with E-state index in [1.54, 1.807) is 0 Å². The first-order valence-corrected chi connectivity index (χ1v) is 11.0. The summed E-state index contributed by atoms with van der Waals surface area (Å²) in [4.78, 5) is 31.6. The van der Waals surface area contributed by atoms with Crippen LogP contribution in [-0.2, 0) is 9.59 Å². The fraction of sp³-hybridized carbons (Fsp3) is 0.160. The van der Waals surface area contributed by atoms with Gasteiger partial charge in [0, 0.05) is 23.5 Å². The Morgan fingerprint density at radius 1 is 0.903 bits per heavy atom. The minimum atomic E-state index is -0.547. The van der Waals surface area contributed by atoms with Crippen molar-refractivity contribution in [1.29, 1.82) is 0 Å². The van der Waals surface area contributed by atoms with Crippen LogP contribution in [0.15, 0.2) is 83.9 Å². The van der Waals surface area contributed by atoms with E-state index in [4.69, 9.17) is 0 Å². The van der Waals surface area contributed by atoms with Gasteiger partial charge in [-0.2, -0.15) is 4.99 Å². The Hall–Kier alpha value is -3.38. The summed E-state index contributed by atoms with van der Waals surface area (Å²) >= 11 is 1.33. The van der Waals surface area contributed by atoms with E-state index >= 15 is 0 Å². The maximum atomic E-state index is 12.7. The summed E-state index contributed by atoms with van der Waals surface area (Å²) in [7, 11) is 0. The molecule has 0 aromatic heterocycles. The van der Waals surface area contributed by atoms with Crippen molar-refractivity contribution in [3.8, 4) is 0 Å². The molecule has 1 heterocycles. The van der Waals surface area contributed by atoms with Crippen LogP contribution in [0.25, 0.3) is 0 Å². The van der Waals surface area contributed by atoms with Gasteiger partial charge in [0.1, 0.15) is 5.25 Å². The fourth-order valence-electron chi connectivity index (χ4n) is 3.50. The van der Waals surface area contributed by atoms with Gasteiger partial charge in [-0.15, -0.1) is 0 Å². The van der Waals surface area contributed by atoms with Crippen molar-refractivity contribution < 1.29 is 9.59 Å².